The van der Waals surface area contributed by atoms with Crippen molar-refractivity contribution in [1.82, 2.24) is 9.29 Å². The molecule has 1 fully saturated rings. The highest BCUT2D eigenvalue weighted by atomic mass is 35.5. The van der Waals surface area contributed by atoms with Crippen LogP contribution in [0.5, 0.6) is 0 Å². The van der Waals surface area contributed by atoms with E-state index >= 15 is 0 Å². The third kappa shape index (κ3) is 3.93. The number of aryl methyl sites for hydroxylation is 1. The molecule has 0 spiro atoms. The molecule has 146 valence electrons. The molecule has 0 aliphatic carbocycles. The van der Waals surface area contributed by atoms with Gasteiger partial charge in [-0.3, -0.25) is 0 Å². The summed E-state index contributed by atoms with van der Waals surface area (Å²) < 4.78 is 27.2. The van der Waals surface area contributed by atoms with Crippen LogP contribution in [0.2, 0.25) is 5.02 Å². The quantitative estimate of drug-likeness (QED) is 0.616. The van der Waals surface area contributed by atoms with Crippen LogP contribution in [-0.4, -0.2) is 43.9 Å². The van der Waals surface area contributed by atoms with Gasteiger partial charge in [0.05, 0.1) is 10.6 Å². The van der Waals surface area contributed by atoms with Crippen molar-refractivity contribution in [2.75, 3.05) is 31.1 Å². The Bertz CT molecular complexity index is 1060. The zero-order valence-corrected chi connectivity index (χ0v) is 17.8. The van der Waals surface area contributed by atoms with Crippen molar-refractivity contribution >= 4 is 38.1 Å². The minimum Gasteiger partial charge on any atom is -0.345 e. The van der Waals surface area contributed by atoms with Crippen molar-refractivity contribution < 1.29 is 8.42 Å². The molecular formula is C20H20ClN3O2S2. The van der Waals surface area contributed by atoms with E-state index < -0.39 is 10.0 Å². The van der Waals surface area contributed by atoms with Crippen LogP contribution in [-0.2, 0) is 10.0 Å². The molecule has 5 nitrogen and oxygen atoms in total. The van der Waals surface area contributed by atoms with Crippen LogP contribution in [0.1, 0.15) is 5.56 Å². The fraction of sp³-hybridized carbons (Fsp3) is 0.250. The van der Waals surface area contributed by atoms with Crippen LogP contribution in [0, 0.1) is 6.92 Å². The Morgan fingerprint density at radius 2 is 1.61 bits per heavy atom. The lowest BCUT2D eigenvalue weighted by molar-refractivity contribution is 0.385. The predicted molar refractivity (Wildman–Crippen MR) is 115 cm³/mol. The van der Waals surface area contributed by atoms with Gasteiger partial charge in [-0.2, -0.15) is 4.31 Å². The first kappa shape index (κ1) is 19.4. The Labute approximate surface area is 174 Å². The van der Waals surface area contributed by atoms with Crippen molar-refractivity contribution in [1.29, 1.82) is 0 Å². The number of nitrogens with zero attached hydrogens (tertiary/aromatic N) is 3. The lowest BCUT2D eigenvalue weighted by atomic mass is 10.2. The van der Waals surface area contributed by atoms with E-state index in [2.05, 4.69) is 4.90 Å². The molecule has 1 aliphatic rings. The number of rotatable bonds is 4. The molecule has 1 aliphatic heterocycles. The minimum atomic E-state index is -3.45. The summed E-state index contributed by atoms with van der Waals surface area (Å²) >= 11 is 7.52. The molecule has 4 rings (SSSR count). The number of thiazole rings is 1. The lowest BCUT2D eigenvalue weighted by Crippen LogP contribution is -2.48. The van der Waals surface area contributed by atoms with E-state index in [9.17, 15) is 8.42 Å². The number of anilines is 1. The van der Waals surface area contributed by atoms with E-state index in [0.717, 1.165) is 22.0 Å². The molecule has 1 aromatic heterocycles. The predicted octanol–water partition coefficient (Wildman–Crippen LogP) is 4.28. The van der Waals surface area contributed by atoms with Crippen molar-refractivity contribution in [3.8, 4) is 11.3 Å². The number of aromatic nitrogens is 1. The number of piperazine rings is 1. The first-order chi connectivity index (χ1) is 13.4. The third-order valence-electron chi connectivity index (χ3n) is 4.80. The van der Waals surface area contributed by atoms with Gasteiger partial charge < -0.3 is 4.90 Å². The van der Waals surface area contributed by atoms with Crippen LogP contribution in [0.25, 0.3) is 11.3 Å². The molecule has 3 aromatic rings. The van der Waals surface area contributed by atoms with Crippen LogP contribution in [0.15, 0.2) is 58.8 Å². The van der Waals surface area contributed by atoms with E-state index in [1.807, 2.05) is 48.7 Å². The van der Waals surface area contributed by atoms with Gasteiger partial charge >= 0.3 is 0 Å². The van der Waals surface area contributed by atoms with Crippen LogP contribution < -0.4 is 4.90 Å². The fourth-order valence-corrected chi connectivity index (χ4v) is 5.58. The lowest BCUT2D eigenvalue weighted by Gasteiger charge is -2.33. The topological polar surface area (TPSA) is 53.5 Å². The molecule has 0 atom stereocenters. The van der Waals surface area contributed by atoms with Gasteiger partial charge in [-0.25, -0.2) is 13.4 Å². The highest BCUT2D eigenvalue weighted by Gasteiger charge is 2.29. The van der Waals surface area contributed by atoms with Gasteiger partial charge in [-0.15, -0.1) is 11.3 Å². The zero-order chi connectivity index (χ0) is 19.7. The standard InChI is InChI=1S/C20H20ClN3O2S2/c1-15-2-8-18(9-3-15)28(25,26)24-12-10-23(11-13-24)20-22-19(14-27-20)16-4-6-17(21)7-5-16/h2-9,14H,10-13H2,1H3. The largest absolute Gasteiger partial charge is 0.345 e. The van der Waals surface area contributed by atoms with Crippen molar-refractivity contribution in [3.63, 3.8) is 0 Å². The molecule has 0 amide bonds. The van der Waals surface area contributed by atoms with Crippen LogP contribution in [0.4, 0.5) is 5.13 Å². The van der Waals surface area contributed by atoms with Crippen molar-refractivity contribution in [3.05, 3.63) is 64.5 Å². The molecule has 1 saturated heterocycles. The number of benzene rings is 2. The molecular weight excluding hydrogens is 414 g/mol. The van der Waals surface area contributed by atoms with Gasteiger partial charge in [0, 0.05) is 42.1 Å². The monoisotopic (exact) mass is 433 g/mol. The highest BCUT2D eigenvalue weighted by molar-refractivity contribution is 7.89. The summed E-state index contributed by atoms with van der Waals surface area (Å²) in [6.07, 6.45) is 0. The summed E-state index contributed by atoms with van der Waals surface area (Å²) in [6, 6.07) is 14.6. The van der Waals surface area contributed by atoms with E-state index in [1.54, 1.807) is 27.8 Å². The maximum absolute atomic E-state index is 12.8. The number of halogens is 1. The molecule has 0 N–H and O–H groups in total. The summed E-state index contributed by atoms with van der Waals surface area (Å²) in [5, 5.41) is 3.64. The summed E-state index contributed by atoms with van der Waals surface area (Å²) in [4.78, 5) is 7.22. The summed E-state index contributed by atoms with van der Waals surface area (Å²) in [5.74, 6) is 0. The number of hydrogen-bond acceptors (Lipinski definition) is 5. The molecule has 0 saturated carbocycles. The molecule has 8 heteroatoms. The summed E-state index contributed by atoms with van der Waals surface area (Å²) in [5.41, 5.74) is 2.97. The maximum atomic E-state index is 12.8. The van der Waals surface area contributed by atoms with E-state index in [4.69, 9.17) is 16.6 Å². The Balaban J connectivity index is 1.44. The second-order valence-electron chi connectivity index (χ2n) is 6.73. The summed E-state index contributed by atoms with van der Waals surface area (Å²) in [6.45, 7) is 4.09. The fourth-order valence-electron chi connectivity index (χ4n) is 3.14. The Hall–Kier alpha value is -1.93. The third-order valence-corrected chi connectivity index (χ3v) is 7.87. The molecule has 28 heavy (non-hydrogen) atoms. The van der Waals surface area contributed by atoms with Gasteiger partial charge in [0.25, 0.3) is 0 Å². The number of sulfonamides is 1. The van der Waals surface area contributed by atoms with Crippen molar-refractivity contribution in [2.24, 2.45) is 0 Å². The zero-order valence-electron chi connectivity index (χ0n) is 15.4. The van der Waals surface area contributed by atoms with Gasteiger partial charge in [-0.1, -0.05) is 41.4 Å². The normalized spacial score (nSPS) is 15.7. The first-order valence-corrected chi connectivity index (χ1v) is 11.7. The van der Waals surface area contributed by atoms with Gasteiger partial charge in [0.15, 0.2) is 5.13 Å². The Morgan fingerprint density at radius 3 is 2.25 bits per heavy atom. The van der Waals surface area contributed by atoms with E-state index in [-0.39, 0.29) is 0 Å². The van der Waals surface area contributed by atoms with E-state index in [0.29, 0.717) is 36.1 Å². The van der Waals surface area contributed by atoms with Crippen LogP contribution in [0.3, 0.4) is 0 Å². The molecule has 0 unspecified atom stereocenters. The van der Waals surface area contributed by atoms with Gasteiger partial charge in [0.1, 0.15) is 0 Å². The maximum Gasteiger partial charge on any atom is 0.243 e. The minimum absolute atomic E-state index is 0.353. The molecule has 2 heterocycles. The second-order valence-corrected chi connectivity index (χ2v) is 9.94. The Morgan fingerprint density at radius 1 is 0.964 bits per heavy atom. The number of hydrogen-bond donors (Lipinski definition) is 0. The Kier molecular flexibility index (Phi) is 5.42. The first-order valence-electron chi connectivity index (χ1n) is 8.97. The smallest absolute Gasteiger partial charge is 0.243 e. The summed E-state index contributed by atoms with van der Waals surface area (Å²) in [7, 11) is -3.45. The highest BCUT2D eigenvalue weighted by Crippen LogP contribution is 2.29. The molecule has 2 aromatic carbocycles. The molecule has 0 bridgehead atoms. The van der Waals surface area contributed by atoms with Gasteiger partial charge in [-0.05, 0) is 31.2 Å². The molecule has 0 radical (unpaired) electrons. The second kappa shape index (κ2) is 7.83. The van der Waals surface area contributed by atoms with Crippen LogP contribution >= 0.6 is 22.9 Å². The van der Waals surface area contributed by atoms with Crippen molar-refractivity contribution in [2.45, 2.75) is 11.8 Å². The average molecular weight is 434 g/mol. The van der Waals surface area contributed by atoms with E-state index in [1.165, 1.54) is 0 Å². The average Bonchev–Trinajstić information content (AvgIpc) is 3.19. The van der Waals surface area contributed by atoms with Gasteiger partial charge in [0.2, 0.25) is 10.0 Å². The SMILES string of the molecule is Cc1ccc(S(=O)(=O)N2CCN(c3nc(-c4ccc(Cl)cc4)cs3)CC2)cc1.